The molecular weight excluding hydrogens is 252 g/mol. The van der Waals surface area contributed by atoms with Crippen LogP contribution in [0.3, 0.4) is 0 Å². The van der Waals surface area contributed by atoms with E-state index in [1.54, 1.807) is 24.1 Å². The quantitative estimate of drug-likeness (QED) is 0.384. The van der Waals surface area contributed by atoms with Gasteiger partial charge in [0, 0.05) is 16.2 Å². The summed E-state index contributed by atoms with van der Waals surface area (Å²) in [5.41, 5.74) is 3.02. The Bertz CT molecular complexity index is 559. The molecule has 0 aliphatic heterocycles. The molecule has 0 aromatic carbocycles. The molecule has 2 aromatic rings. The van der Waals surface area contributed by atoms with Gasteiger partial charge in [0.05, 0.1) is 6.26 Å². The second-order valence-corrected chi connectivity index (χ2v) is 4.81. The minimum absolute atomic E-state index is 0.231. The van der Waals surface area contributed by atoms with Crippen molar-refractivity contribution in [3.8, 4) is 0 Å². The van der Waals surface area contributed by atoms with E-state index in [1.165, 1.54) is 0 Å². The number of amides is 1. The number of carbonyl (C=O) groups excluding carboxylic acids is 1. The van der Waals surface area contributed by atoms with Crippen LogP contribution in [0.2, 0.25) is 0 Å². The predicted molar refractivity (Wildman–Crippen MR) is 68.1 cm³/mol. The Morgan fingerprint density at radius 1 is 1.44 bits per heavy atom. The molecule has 0 radical (unpaired) electrons. The van der Waals surface area contributed by atoms with Crippen LogP contribution < -0.4 is 11.3 Å². The first kappa shape index (κ1) is 12.8. The molecule has 96 valence electrons. The van der Waals surface area contributed by atoms with Crippen LogP contribution in [-0.2, 0) is 5.75 Å². The van der Waals surface area contributed by atoms with Crippen LogP contribution in [0.5, 0.6) is 0 Å². The fourth-order valence-corrected chi connectivity index (χ4v) is 2.53. The van der Waals surface area contributed by atoms with E-state index in [0.29, 0.717) is 5.75 Å². The summed E-state index contributed by atoms with van der Waals surface area (Å²) < 4.78 is 10.6. The summed E-state index contributed by atoms with van der Waals surface area (Å²) in [6.07, 6.45) is 1.66. The normalized spacial score (nSPS) is 10.6. The van der Waals surface area contributed by atoms with Crippen LogP contribution in [0.15, 0.2) is 32.1 Å². The van der Waals surface area contributed by atoms with Crippen LogP contribution in [-0.4, -0.2) is 5.91 Å². The van der Waals surface area contributed by atoms with Gasteiger partial charge in [-0.3, -0.25) is 10.2 Å². The number of aryl methyl sites for hydroxylation is 2. The van der Waals surface area contributed by atoms with Gasteiger partial charge in [-0.1, -0.05) is 0 Å². The molecule has 0 saturated carbocycles. The molecule has 0 fully saturated rings. The molecule has 18 heavy (non-hydrogen) atoms. The Hall–Kier alpha value is -1.66. The summed E-state index contributed by atoms with van der Waals surface area (Å²) in [6.45, 7) is 3.74. The third-order valence-electron chi connectivity index (χ3n) is 2.57. The molecule has 2 aromatic heterocycles. The second-order valence-electron chi connectivity index (χ2n) is 3.80. The van der Waals surface area contributed by atoms with E-state index in [4.69, 9.17) is 14.7 Å². The standard InChI is InChI=1S/C12H14N2O3S/c1-7-9(5-10(17-7)12(15)14-13)6-18-11-3-4-16-8(11)2/h3-5H,6,13H2,1-2H3,(H,14,15). The Kier molecular flexibility index (Phi) is 3.78. The van der Waals surface area contributed by atoms with Crippen molar-refractivity contribution in [1.29, 1.82) is 0 Å². The second kappa shape index (κ2) is 5.32. The minimum atomic E-state index is -0.422. The highest BCUT2D eigenvalue weighted by Crippen LogP contribution is 2.28. The van der Waals surface area contributed by atoms with Crippen molar-refractivity contribution in [2.24, 2.45) is 5.84 Å². The lowest BCUT2D eigenvalue weighted by Gasteiger charge is -1.97. The van der Waals surface area contributed by atoms with Crippen molar-refractivity contribution < 1.29 is 13.6 Å². The van der Waals surface area contributed by atoms with E-state index in [1.807, 2.05) is 25.3 Å². The van der Waals surface area contributed by atoms with Crippen LogP contribution >= 0.6 is 11.8 Å². The average Bonchev–Trinajstić information content (AvgIpc) is 2.92. The van der Waals surface area contributed by atoms with E-state index < -0.39 is 5.91 Å². The summed E-state index contributed by atoms with van der Waals surface area (Å²) >= 11 is 1.64. The molecular formula is C12H14N2O3S. The number of nitrogen functional groups attached to an aromatic ring is 1. The Morgan fingerprint density at radius 3 is 2.83 bits per heavy atom. The highest BCUT2D eigenvalue weighted by molar-refractivity contribution is 7.98. The van der Waals surface area contributed by atoms with Gasteiger partial charge in [0.15, 0.2) is 5.76 Å². The van der Waals surface area contributed by atoms with Crippen molar-refractivity contribution in [3.05, 3.63) is 41.2 Å². The Balaban J connectivity index is 2.08. The molecule has 6 heteroatoms. The van der Waals surface area contributed by atoms with Crippen molar-refractivity contribution >= 4 is 17.7 Å². The van der Waals surface area contributed by atoms with Gasteiger partial charge >= 0.3 is 5.91 Å². The smallest absolute Gasteiger partial charge is 0.300 e. The van der Waals surface area contributed by atoms with Gasteiger partial charge in [-0.05, 0) is 26.0 Å². The van der Waals surface area contributed by atoms with E-state index in [2.05, 4.69) is 0 Å². The molecule has 5 nitrogen and oxygen atoms in total. The fourth-order valence-electron chi connectivity index (χ4n) is 1.52. The van der Waals surface area contributed by atoms with Crippen molar-refractivity contribution in [3.63, 3.8) is 0 Å². The predicted octanol–water partition coefficient (Wildman–Crippen LogP) is 2.39. The van der Waals surface area contributed by atoms with Gasteiger partial charge in [0.1, 0.15) is 11.5 Å². The number of nitrogens with two attached hydrogens (primary N) is 1. The highest BCUT2D eigenvalue weighted by atomic mass is 32.2. The van der Waals surface area contributed by atoms with Crippen LogP contribution in [0.4, 0.5) is 0 Å². The average molecular weight is 266 g/mol. The monoisotopic (exact) mass is 266 g/mol. The number of rotatable bonds is 4. The van der Waals surface area contributed by atoms with Gasteiger partial charge < -0.3 is 8.83 Å². The third-order valence-corrected chi connectivity index (χ3v) is 3.76. The molecule has 0 bridgehead atoms. The van der Waals surface area contributed by atoms with Crippen LogP contribution in [0.1, 0.15) is 27.6 Å². The largest absolute Gasteiger partial charge is 0.468 e. The number of hydrazine groups is 1. The van der Waals surface area contributed by atoms with E-state index >= 15 is 0 Å². The van der Waals surface area contributed by atoms with E-state index in [0.717, 1.165) is 22.0 Å². The Labute approximate surface area is 109 Å². The first-order chi connectivity index (χ1) is 8.61. The lowest BCUT2D eigenvalue weighted by atomic mass is 10.3. The summed E-state index contributed by atoms with van der Waals surface area (Å²) in [5, 5.41) is 0. The number of carbonyl (C=O) groups is 1. The minimum Gasteiger partial charge on any atom is -0.468 e. The van der Waals surface area contributed by atoms with Crippen LogP contribution in [0, 0.1) is 13.8 Å². The van der Waals surface area contributed by atoms with Gasteiger partial charge in [-0.25, -0.2) is 5.84 Å². The SMILES string of the molecule is Cc1oc(C(=O)NN)cc1CSc1ccoc1C. The zero-order valence-electron chi connectivity index (χ0n) is 10.1. The first-order valence-electron chi connectivity index (χ1n) is 5.39. The van der Waals surface area contributed by atoms with Crippen LogP contribution in [0.25, 0.3) is 0 Å². The van der Waals surface area contributed by atoms with Crippen molar-refractivity contribution in [1.82, 2.24) is 5.43 Å². The van der Waals surface area contributed by atoms with E-state index in [-0.39, 0.29) is 5.76 Å². The van der Waals surface area contributed by atoms with Crippen molar-refractivity contribution in [2.45, 2.75) is 24.5 Å². The molecule has 3 N–H and O–H groups in total. The lowest BCUT2D eigenvalue weighted by Crippen LogP contribution is -2.29. The zero-order chi connectivity index (χ0) is 13.1. The molecule has 2 heterocycles. The fraction of sp³-hybridized carbons (Fsp3) is 0.250. The Morgan fingerprint density at radius 2 is 2.22 bits per heavy atom. The summed E-state index contributed by atoms with van der Waals surface area (Å²) in [4.78, 5) is 12.4. The van der Waals surface area contributed by atoms with Gasteiger partial charge in [0.25, 0.3) is 0 Å². The molecule has 0 saturated heterocycles. The first-order valence-corrected chi connectivity index (χ1v) is 6.37. The molecule has 0 unspecified atom stereocenters. The molecule has 0 aliphatic rings. The molecule has 0 spiro atoms. The lowest BCUT2D eigenvalue weighted by molar-refractivity contribution is 0.0924. The molecule has 1 amide bonds. The number of thioether (sulfide) groups is 1. The molecule has 0 atom stereocenters. The number of nitrogens with one attached hydrogen (secondary N) is 1. The maximum atomic E-state index is 11.3. The summed E-state index contributed by atoms with van der Waals surface area (Å²) in [6, 6.07) is 3.63. The number of hydrogen-bond acceptors (Lipinski definition) is 5. The summed E-state index contributed by atoms with van der Waals surface area (Å²) in [5.74, 6) is 7.20. The third kappa shape index (κ3) is 2.60. The van der Waals surface area contributed by atoms with Gasteiger partial charge in [-0.15, -0.1) is 11.8 Å². The topological polar surface area (TPSA) is 81.4 Å². The summed E-state index contributed by atoms with van der Waals surface area (Å²) in [7, 11) is 0. The van der Waals surface area contributed by atoms with Gasteiger partial charge in [-0.2, -0.15) is 0 Å². The maximum Gasteiger partial charge on any atom is 0.300 e. The molecule has 2 rings (SSSR count). The van der Waals surface area contributed by atoms with Crippen molar-refractivity contribution in [2.75, 3.05) is 0 Å². The maximum absolute atomic E-state index is 11.3. The van der Waals surface area contributed by atoms with Gasteiger partial charge in [0.2, 0.25) is 0 Å². The highest BCUT2D eigenvalue weighted by Gasteiger charge is 2.14. The van der Waals surface area contributed by atoms with E-state index in [9.17, 15) is 4.79 Å². The molecule has 0 aliphatic carbocycles. The zero-order valence-corrected chi connectivity index (χ0v) is 11.0. The number of furan rings is 2. The number of hydrogen-bond donors (Lipinski definition) is 2.